The number of anilines is 1. The number of aromatic nitrogens is 3. The Hall–Kier alpha value is -4.85. The molecule has 2 fully saturated rings. The fraction of sp³-hybridized carbons (Fsp3) is 0.667. The Morgan fingerprint density at radius 3 is 1.40 bits per heavy atom. The maximum absolute atomic E-state index is 14.2. The number of hydrogen-bond acceptors (Lipinski definition) is 18. The number of nitrogens with zero attached hydrogens (tertiary/aromatic N) is 4. The van der Waals surface area contributed by atoms with Gasteiger partial charge in [0.2, 0.25) is 5.82 Å². The summed E-state index contributed by atoms with van der Waals surface area (Å²) < 4.78 is 44.4. The van der Waals surface area contributed by atoms with Crippen molar-refractivity contribution >= 4 is 41.6 Å². The summed E-state index contributed by atoms with van der Waals surface area (Å²) in [6, 6.07) is 0. The predicted octanol–water partition coefficient (Wildman–Crippen LogP) is -1.88. The molecule has 1 aromatic rings. The van der Waals surface area contributed by atoms with Crippen molar-refractivity contribution < 1.29 is 66.7 Å². The van der Waals surface area contributed by atoms with E-state index in [1.165, 1.54) is 19.0 Å². The number of carbonyl (C=O) groups is 6. The average molecular weight is 673 g/mol. The Morgan fingerprint density at radius 1 is 0.638 bits per heavy atom. The molecular formula is C27H36N4O16. The van der Waals surface area contributed by atoms with Gasteiger partial charge in [-0.25, -0.2) is 9.36 Å². The lowest BCUT2D eigenvalue weighted by Gasteiger charge is -2.27. The fourth-order valence-corrected chi connectivity index (χ4v) is 4.95. The lowest BCUT2D eigenvalue weighted by atomic mass is 10.1. The molecule has 47 heavy (non-hydrogen) atoms. The Kier molecular flexibility index (Phi) is 11.8. The first-order chi connectivity index (χ1) is 21.9. The van der Waals surface area contributed by atoms with Crippen LogP contribution in [0.3, 0.4) is 0 Å². The van der Waals surface area contributed by atoms with E-state index in [4.69, 9.17) is 37.9 Å². The summed E-state index contributed by atoms with van der Waals surface area (Å²) in [4.78, 5) is 101. The summed E-state index contributed by atoms with van der Waals surface area (Å²) in [5.41, 5.74) is -2.34. The molecule has 20 heteroatoms. The standard InChI is InChI=1S/C27H36N4O16/c1-11(32)40-9-17-19(42-13(3)34)21(44-15(5)36)25(46-17)30-24(38)23(29(7)8)28-31(27(30)39)26-22(45-16(6)37)20(43-14(4)35)18(47-26)10-41-12(2)33/h17-22,25-26H,9-10H2,1-8H3. The topological polar surface area (TPSA) is 236 Å². The molecule has 2 aliphatic rings. The Labute approximate surface area is 266 Å². The molecule has 2 saturated heterocycles. The molecule has 2 aliphatic heterocycles. The largest absolute Gasteiger partial charge is 0.463 e. The van der Waals surface area contributed by atoms with E-state index in [9.17, 15) is 38.4 Å². The van der Waals surface area contributed by atoms with Crippen LogP contribution in [0.5, 0.6) is 0 Å². The highest BCUT2D eigenvalue weighted by atomic mass is 16.7. The summed E-state index contributed by atoms with van der Waals surface area (Å²) in [6.07, 6.45) is -12.2. The highest BCUT2D eigenvalue weighted by Gasteiger charge is 2.54. The van der Waals surface area contributed by atoms with Crippen LogP contribution >= 0.6 is 0 Å². The van der Waals surface area contributed by atoms with E-state index >= 15 is 0 Å². The molecule has 0 bridgehead atoms. The van der Waals surface area contributed by atoms with Crippen LogP contribution < -0.4 is 16.1 Å². The minimum absolute atomic E-state index is 0.403. The second kappa shape index (κ2) is 15.2. The van der Waals surface area contributed by atoms with Crippen LogP contribution in [0.2, 0.25) is 0 Å². The SMILES string of the molecule is CC(=O)OCC1OC(n2nc(N(C)C)c(=O)n(C3OC(COC(C)=O)C(OC(C)=O)C3OC(C)=O)c2=O)C(OC(C)=O)C1OC(C)=O. The minimum Gasteiger partial charge on any atom is -0.463 e. The highest BCUT2D eigenvalue weighted by molar-refractivity contribution is 5.68. The Bertz CT molecular complexity index is 1520. The molecule has 260 valence electrons. The maximum Gasteiger partial charge on any atom is 0.352 e. The first-order valence-corrected chi connectivity index (χ1v) is 14.1. The van der Waals surface area contributed by atoms with Gasteiger partial charge in [-0.15, -0.1) is 5.10 Å². The van der Waals surface area contributed by atoms with Gasteiger partial charge in [0, 0.05) is 55.6 Å². The fourth-order valence-electron chi connectivity index (χ4n) is 4.95. The van der Waals surface area contributed by atoms with Crippen LogP contribution in [0.1, 0.15) is 54.0 Å². The van der Waals surface area contributed by atoms with E-state index in [1.807, 2.05) is 0 Å². The summed E-state index contributed by atoms with van der Waals surface area (Å²) in [6.45, 7) is 5.36. The number of rotatable bonds is 11. The minimum atomic E-state index is -1.80. The average Bonchev–Trinajstić information content (AvgIpc) is 3.42. The number of carbonyl (C=O) groups excluding carboxylic acids is 6. The molecule has 3 heterocycles. The summed E-state index contributed by atoms with van der Waals surface area (Å²) in [5.74, 6) is -5.33. The second-order valence-electron chi connectivity index (χ2n) is 10.7. The van der Waals surface area contributed by atoms with Gasteiger partial charge in [-0.1, -0.05) is 0 Å². The first-order valence-electron chi connectivity index (χ1n) is 14.1. The smallest absolute Gasteiger partial charge is 0.352 e. The third-order valence-corrected chi connectivity index (χ3v) is 6.61. The molecule has 20 nitrogen and oxygen atoms in total. The van der Waals surface area contributed by atoms with Crippen LogP contribution in [-0.2, 0) is 66.7 Å². The second-order valence-corrected chi connectivity index (χ2v) is 10.7. The monoisotopic (exact) mass is 672 g/mol. The van der Waals surface area contributed by atoms with Gasteiger partial charge >= 0.3 is 47.1 Å². The molecule has 0 spiro atoms. The van der Waals surface area contributed by atoms with Gasteiger partial charge in [0.15, 0.2) is 36.9 Å². The number of ether oxygens (including phenoxy) is 8. The van der Waals surface area contributed by atoms with Crippen LogP contribution in [0.25, 0.3) is 0 Å². The van der Waals surface area contributed by atoms with Crippen molar-refractivity contribution in [2.45, 2.75) is 90.6 Å². The number of esters is 6. The first kappa shape index (κ1) is 36.6. The van der Waals surface area contributed by atoms with Crippen LogP contribution in [0, 0.1) is 0 Å². The maximum atomic E-state index is 14.2. The van der Waals surface area contributed by atoms with Gasteiger partial charge < -0.3 is 42.8 Å². The number of hydrogen-bond donors (Lipinski definition) is 0. The zero-order valence-corrected chi connectivity index (χ0v) is 26.9. The normalized spacial score (nSPS) is 26.6. The van der Waals surface area contributed by atoms with E-state index in [1.54, 1.807) is 0 Å². The van der Waals surface area contributed by atoms with E-state index in [0.717, 1.165) is 41.5 Å². The molecule has 0 N–H and O–H groups in total. The zero-order valence-electron chi connectivity index (χ0n) is 26.9. The van der Waals surface area contributed by atoms with Gasteiger partial charge in [-0.2, -0.15) is 4.68 Å². The quantitative estimate of drug-likeness (QED) is 0.185. The van der Waals surface area contributed by atoms with Gasteiger partial charge in [-0.3, -0.25) is 33.6 Å². The van der Waals surface area contributed by atoms with Crippen LogP contribution in [0.4, 0.5) is 5.82 Å². The Morgan fingerprint density at radius 2 is 1.02 bits per heavy atom. The molecule has 0 saturated carbocycles. The van der Waals surface area contributed by atoms with Crippen LogP contribution in [0.15, 0.2) is 9.59 Å². The summed E-state index contributed by atoms with van der Waals surface area (Å²) in [5, 5.41) is 4.13. The van der Waals surface area contributed by atoms with Crippen molar-refractivity contribution in [1.82, 2.24) is 14.3 Å². The van der Waals surface area contributed by atoms with Gasteiger partial charge in [0.25, 0.3) is 0 Å². The molecule has 8 atom stereocenters. The lowest BCUT2D eigenvalue weighted by Crippen LogP contribution is -2.51. The van der Waals surface area contributed by atoms with E-state index in [-0.39, 0.29) is 0 Å². The van der Waals surface area contributed by atoms with Gasteiger partial charge in [0.1, 0.15) is 25.4 Å². The van der Waals surface area contributed by atoms with Crippen LogP contribution in [-0.4, -0.2) is 114 Å². The predicted molar refractivity (Wildman–Crippen MR) is 150 cm³/mol. The third kappa shape index (κ3) is 8.70. The summed E-state index contributed by atoms with van der Waals surface area (Å²) >= 11 is 0. The van der Waals surface area contributed by atoms with Crippen molar-refractivity contribution in [3.05, 3.63) is 20.8 Å². The van der Waals surface area contributed by atoms with Crippen molar-refractivity contribution in [2.24, 2.45) is 0 Å². The third-order valence-electron chi connectivity index (χ3n) is 6.61. The molecule has 0 radical (unpaired) electrons. The molecule has 1 aromatic heterocycles. The van der Waals surface area contributed by atoms with Crippen molar-refractivity contribution in [3.63, 3.8) is 0 Å². The van der Waals surface area contributed by atoms with E-state index in [2.05, 4.69) is 5.10 Å². The molecule has 3 rings (SSSR count). The summed E-state index contributed by atoms with van der Waals surface area (Å²) in [7, 11) is 2.83. The zero-order chi connectivity index (χ0) is 35.3. The molecule has 0 aliphatic carbocycles. The van der Waals surface area contributed by atoms with Gasteiger partial charge in [-0.05, 0) is 0 Å². The van der Waals surface area contributed by atoms with Crippen molar-refractivity contribution in [3.8, 4) is 0 Å². The molecule has 0 amide bonds. The highest BCUT2D eigenvalue weighted by Crippen LogP contribution is 2.35. The molecular weight excluding hydrogens is 636 g/mol. The van der Waals surface area contributed by atoms with Crippen molar-refractivity contribution in [1.29, 1.82) is 0 Å². The van der Waals surface area contributed by atoms with Crippen molar-refractivity contribution in [2.75, 3.05) is 32.2 Å². The molecule has 0 aromatic carbocycles. The van der Waals surface area contributed by atoms with E-state index in [0.29, 0.717) is 9.25 Å². The lowest BCUT2D eigenvalue weighted by molar-refractivity contribution is -0.167. The molecule has 8 unspecified atom stereocenters. The van der Waals surface area contributed by atoms with Gasteiger partial charge in [0.05, 0.1) is 0 Å². The van der Waals surface area contributed by atoms with E-state index < -0.39 is 115 Å². The Balaban J connectivity index is 2.27.